The lowest BCUT2D eigenvalue weighted by molar-refractivity contribution is 0.0938. The topological polar surface area (TPSA) is 81.1 Å². The van der Waals surface area contributed by atoms with E-state index >= 15 is 0 Å². The van der Waals surface area contributed by atoms with Gasteiger partial charge in [-0.3, -0.25) is 4.79 Å². The quantitative estimate of drug-likeness (QED) is 0.801. The summed E-state index contributed by atoms with van der Waals surface area (Å²) in [4.78, 5) is 12.7. The number of carbonyl (C=O) groups is 1. The van der Waals surface area contributed by atoms with Crippen molar-refractivity contribution in [1.82, 2.24) is 25.6 Å². The number of rotatable bonds is 6. The van der Waals surface area contributed by atoms with Gasteiger partial charge in [0.25, 0.3) is 5.91 Å². The number of nitrogens with one attached hydrogen (secondary N) is 2. The lowest BCUT2D eigenvalue weighted by Crippen LogP contribution is -2.39. The maximum atomic E-state index is 12.7. The molecule has 2 fully saturated rings. The minimum Gasteiger partial charge on any atom is -0.497 e. The minimum atomic E-state index is -0.144. The van der Waals surface area contributed by atoms with Crippen molar-refractivity contribution in [3.63, 3.8) is 0 Å². The van der Waals surface area contributed by atoms with Gasteiger partial charge in [-0.25, -0.2) is 4.68 Å². The molecule has 4 rings (SSSR count). The molecule has 0 spiro atoms. The molecule has 0 atom stereocenters. The van der Waals surface area contributed by atoms with Gasteiger partial charge >= 0.3 is 0 Å². The van der Waals surface area contributed by atoms with E-state index in [0.717, 1.165) is 44.5 Å². The summed E-state index contributed by atoms with van der Waals surface area (Å²) < 4.78 is 7.25. The third-order valence-electron chi connectivity index (χ3n) is 6.26. The summed E-state index contributed by atoms with van der Waals surface area (Å²) in [5.41, 5.74) is 1.61. The molecule has 0 bridgehead atoms. The first kappa shape index (κ1) is 18.9. The van der Waals surface area contributed by atoms with Crippen molar-refractivity contribution >= 4 is 5.91 Å². The molecule has 2 heterocycles. The van der Waals surface area contributed by atoms with Gasteiger partial charge < -0.3 is 15.4 Å². The Labute approximate surface area is 165 Å². The summed E-state index contributed by atoms with van der Waals surface area (Å²) in [5.74, 6) is 0.717. The van der Waals surface area contributed by atoms with Crippen LogP contribution in [-0.2, 0) is 5.41 Å². The van der Waals surface area contributed by atoms with E-state index < -0.39 is 0 Å². The zero-order chi connectivity index (χ0) is 19.4. The average Bonchev–Trinajstić information content (AvgIpc) is 3.43. The van der Waals surface area contributed by atoms with Gasteiger partial charge in [-0.2, -0.15) is 0 Å². The predicted octanol–water partition coefficient (Wildman–Crippen LogP) is 2.45. The molecule has 0 unspecified atom stereocenters. The summed E-state index contributed by atoms with van der Waals surface area (Å²) in [7, 11) is 1.69. The van der Waals surface area contributed by atoms with E-state index in [4.69, 9.17) is 4.74 Å². The Morgan fingerprint density at radius 2 is 2.11 bits per heavy atom. The Balaban J connectivity index is 1.44. The van der Waals surface area contributed by atoms with Gasteiger partial charge in [0, 0.05) is 12.0 Å². The third kappa shape index (κ3) is 3.90. The van der Waals surface area contributed by atoms with Gasteiger partial charge in [0.1, 0.15) is 5.75 Å². The number of hydrogen-bond acceptors (Lipinski definition) is 5. The molecule has 0 radical (unpaired) electrons. The number of amides is 1. The van der Waals surface area contributed by atoms with E-state index in [1.807, 2.05) is 16.8 Å². The van der Waals surface area contributed by atoms with E-state index in [1.54, 1.807) is 13.3 Å². The highest BCUT2D eigenvalue weighted by atomic mass is 16.5. The second kappa shape index (κ2) is 8.31. The molecule has 2 aromatic rings. The lowest BCUT2D eigenvalue weighted by Gasteiger charge is -2.30. The van der Waals surface area contributed by atoms with Gasteiger partial charge in [-0.1, -0.05) is 30.2 Å². The summed E-state index contributed by atoms with van der Waals surface area (Å²) in [6.45, 7) is 2.57. The monoisotopic (exact) mass is 383 g/mol. The highest BCUT2D eigenvalue weighted by Crippen LogP contribution is 2.41. The third-order valence-corrected chi connectivity index (χ3v) is 6.26. The summed E-state index contributed by atoms with van der Waals surface area (Å²) in [6.07, 6.45) is 8.33. The van der Waals surface area contributed by atoms with Gasteiger partial charge in [0.2, 0.25) is 0 Å². The van der Waals surface area contributed by atoms with Crippen molar-refractivity contribution in [2.75, 3.05) is 26.7 Å². The second-order valence-electron chi connectivity index (χ2n) is 7.97. The fourth-order valence-electron chi connectivity index (χ4n) is 4.54. The van der Waals surface area contributed by atoms with Crippen LogP contribution in [0.5, 0.6) is 5.75 Å². The van der Waals surface area contributed by atoms with E-state index in [1.165, 1.54) is 18.4 Å². The number of aromatic nitrogens is 3. The highest BCUT2D eigenvalue weighted by molar-refractivity contribution is 5.91. The SMILES string of the molecule is COc1cccc(C2(CNC(=O)c3cn(C4CCNCC4)nn3)CCCC2)c1. The van der Waals surface area contributed by atoms with Crippen LogP contribution in [-0.4, -0.2) is 47.6 Å². The Bertz CT molecular complexity index is 807. The van der Waals surface area contributed by atoms with E-state index in [9.17, 15) is 4.79 Å². The number of ether oxygens (including phenoxy) is 1. The zero-order valence-electron chi connectivity index (χ0n) is 16.5. The summed E-state index contributed by atoms with van der Waals surface area (Å²) >= 11 is 0. The number of piperidine rings is 1. The molecular weight excluding hydrogens is 354 g/mol. The fraction of sp³-hybridized carbons (Fsp3) is 0.571. The Hall–Kier alpha value is -2.41. The number of hydrogen-bond donors (Lipinski definition) is 2. The second-order valence-corrected chi connectivity index (χ2v) is 7.97. The van der Waals surface area contributed by atoms with E-state index in [0.29, 0.717) is 18.3 Å². The van der Waals surface area contributed by atoms with Crippen molar-refractivity contribution in [2.24, 2.45) is 0 Å². The van der Waals surface area contributed by atoms with Gasteiger partial charge in [-0.15, -0.1) is 5.10 Å². The van der Waals surface area contributed by atoms with Crippen LogP contribution in [0.25, 0.3) is 0 Å². The summed E-state index contributed by atoms with van der Waals surface area (Å²) in [6, 6.07) is 8.57. The number of methoxy groups -OCH3 is 1. The van der Waals surface area contributed by atoms with Crippen LogP contribution >= 0.6 is 0 Å². The highest BCUT2D eigenvalue weighted by Gasteiger charge is 2.36. The largest absolute Gasteiger partial charge is 0.497 e. The molecular formula is C21H29N5O2. The molecule has 1 aliphatic heterocycles. The van der Waals surface area contributed by atoms with Gasteiger partial charge in [0.15, 0.2) is 5.69 Å². The van der Waals surface area contributed by atoms with Crippen molar-refractivity contribution in [3.8, 4) is 5.75 Å². The first-order valence-corrected chi connectivity index (χ1v) is 10.3. The minimum absolute atomic E-state index is 0.0325. The van der Waals surface area contributed by atoms with Crippen molar-refractivity contribution < 1.29 is 9.53 Å². The molecule has 1 saturated heterocycles. The molecule has 1 aliphatic carbocycles. The molecule has 2 N–H and O–H groups in total. The molecule has 1 amide bonds. The van der Waals surface area contributed by atoms with E-state index in [2.05, 4.69) is 33.1 Å². The van der Waals surface area contributed by atoms with Crippen molar-refractivity contribution in [2.45, 2.75) is 50.0 Å². The van der Waals surface area contributed by atoms with Crippen LogP contribution in [0.4, 0.5) is 0 Å². The Morgan fingerprint density at radius 1 is 1.32 bits per heavy atom. The van der Waals surface area contributed by atoms with Crippen LogP contribution < -0.4 is 15.4 Å². The lowest BCUT2D eigenvalue weighted by atomic mass is 9.78. The van der Waals surface area contributed by atoms with Crippen LogP contribution in [0.2, 0.25) is 0 Å². The molecule has 7 heteroatoms. The number of benzene rings is 1. The zero-order valence-corrected chi connectivity index (χ0v) is 16.5. The smallest absolute Gasteiger partial charge is 0.273 e. The average molecular weight is 383 g/mol. The molecule has 7 nitrogen and oxygen atoms in total. The first-order chi connectivity index (χ1) is 13.7. The Morgan fingerprint density at radius 3 is 2.86 bits per heavy atom. The fourth-order valence-corrected chi connectivity index (χ4v) is 4.54. The molecule has 1 saturated carbocycles. The van der Waals surface area contributed by atoms with E-state index in [-0.39, 0.29) is 11.3 Å². The summed E-state index contributed by atoms with van der Waals surface area (Å²) in [5, 5.41) is 14.8. The molecule has 28 heavy (non-hydrogen) atoms. The maximum absolute atomic E-state index is 12.7. The normalized spacial score (nSPS) is 19.5. The van der Waals surface area contributed by atoms with Crippen molar-refractivity contribution in [3.05, 3.63) is 41.7 Å². The van der Waals surface area contributed by atoms with Crippen LogP contribution in [0, 0.1) is 0 Å². The maximum Gasteiger partial charge on any atom is 0.273 e. The first-order valence-electron chi connectivity index (χ1n) is 10.3. The van der Waals surface area contributed by atoms with Crippen LogP contribution in [0.15, 0.2) is 30.5 Å². The standard InChI is InChI=1S/C21H29N5O2/c1-28-18-6-4-5-16(13-18)21(9-2-3-10-21)15-23-20(27)19-14-26(25-24-19)17-7-11-22-12-8-17/h4-6,13-14,17,22H,2-3,7-12,15H2,1H3,(H,23,27). The Kier molecular flexibility index (Phi) is 5.62. The molecule has 1 aromatic heterocycles. The number of nitrogens with zero attached hydrogens (tertiary/aromatic N) is 3. The van der Waals surface area contributed by atoms with Crippen LogP contribution in [0.1, 0.15) is 60.6 Å². The molecule has 1 aromatic carbocycles. The van der Waals surface area contributed by atoms with Gasteiger partial charge in [0.05, 0.1) is 19.3 Å². The molecule has 2 aliphatic rings. The predicted molar refractivity (Wildman–Crippen MR) is 107 cm³/mol. The molecule has 150 valence electrons. The van der Waals surface area contributed by atoms with Gasteiger partial charge in [-0.05, 0) is 56.5 Å². The van der Waals surface area contributed by atoms with Crippen LogP contribution in [0.3, 0.4) is 0 Å². The van der Waals surface area contributed by atoms with Crippen molar-refractivity contribution in [1.29, 1.82) is 0 Å². The number of carbonyl (C=O) groups excluding carboxylic acids is 1.